The first-order chi connectivity index (χ1) is 17.1. The van der Waals surface area contributed by atoms with E-state index in [1.165, 1.54) is 12.1 Å². The molecule has 0 bridgehead atoms. The molecule has 192 valence electrons. The number of piperazine rings is 1. The molecule has 36 heavy (non-hydrogen) atoms. The Balaban J connectivity index is 1.30. The number of rotatable bonds is 8. The fraction of sp³-hybridized carbons (Fsp3) is 0.360. The molecule has 1 fully saturated rings. The maximum Gasteiger partial charge on any atom is 0.416 e. The molecule has 4 rings (SSSR count). The van der Waals surface area contributed by atoms with E-state index in [9.17, 15) is 23.3 Å². The van der Waals surface area contributed by atoms with Crippen molar-refractivity contribution in [2.24, 2.45) is 0 Å². The van der Waals surface area contributed by atoms with E-state index in [0.717, 1.165) is 30.9 Å². The third-order valence-corrected chi connectivity index (χ3v) is 6.19. The minimum atomic E-state index is -4.34. The second-order valence-electron chi connectivity index (χ2n) is 8.96. The molecule has 1 saturated heterocycles. The second kappa shape index (κ2) is 10.5. The first-order valence-corrected chi connectivity index (χ1v) is 11.6. The molecule has 0 aliphatic carbocycles. The van der Waals surface area contributed by atoms with Crippen molar-refractivity contribution in [2.75, 3.05) is 44.2 Å². The molecule has 2 aromatic rings. The van der Waals surface area contributed by atoms with E-state index >= 15 is 0 Å². The van der Waals surface area contributed by atoms with Gasteiger partial charge in [0.25, 0.3) is 0 Å². The topological polar surface area (TPSA) is 82.9 Å². The zero-order valence-electron chi connectivity index (χ0n) is 19.8. The van der Waals surface area contributed by atoms with Crippen molar-refractivity contribution in [1.29, 1.82) is 0 Å². The highest BCUT2D eigenvalue weighted by Gasteiger charge is 2.30. The number of halogens is 3. The number of ether oxygens (including phenoxy) is 1. The Labute approximate surface area is 207 Å². The molecule has 0 amide bonds. The summed E-state index contributed by atoms with van der Waals surface area (Å²) in [4.78, 5) is 15.6. The zero-order chi connectivity index (χ0) is 25.8. The summed E-state index contributed by atoms with van der Waals surface area (Å²) in [5.41, 5.74) is 0.207. The predicted octanol–water partition coefficient (Wildman–Crippen LogP) is 4.21. The third kappa shape index (κ3) is 6.28. The van der Waals surface area contributed by atoms with Gasteiger partial charge in [0.2, 0.25) is 0 Å². The van der Waals surface area contributed by atoms with E-state index < -0.39 is 22.3 Å². The fourth-order valence-electron chi connectivity index (χ4n) is 4.08. The van der Waals surface area contributed by atoms with Crippen molar-refractivity contribution in [2.45, 2.75) is 18.8 Å². The van der Waals surface area contributed by atoms with E-state index in [-0.39, 0.29) is 18.0 Å². The number of hydrogen-bond donors (Lipinski definition) is 2. The van der Waals surface area contributed by atoms with E-state index in [2.05, 4.69) is 20.4 Å². The lowest BCUT2D eigenvalue weighted by atomic mass is 10.1. The molecule has 2 N–H and O–H groups in total. The summed E-state index contributed by atoms with van der Waals surface area (Å²) in [6, 6.07) is 10.1. The zero-order valence-corrected chi connectivity index (χ0v) is 19.8. The highest BCUT2D eigenvalue weighted by atomic mass is 19.4. The van der Waals surface area contributed by atoms with Gasteiger partial charge in [0.05, 0.1) is 10.5 Å². The molecule has 0 saturated carbocycles. The van der Waals surface area contributed by atoms with Gasteiger partial charge in [-0.3, -0.25) is 15.0 Å². The van der Waals surface area contributed by atoms with Crippen molar-refractivity contribution >= 4 is 17.5 Å². The summed E-state index contributed by atoms with van der Waals surface area (Å²) in [5.74, 6) is 0.215. The van der Waals surface area contributed by atoms with Gasteiger partial charge in [0.1, 0.15) is 12.3 Å². The highest BCUT2D eigenvalue weighted by molar-refractivity contribution is 5.60. The number of nitro groups is 1. The van der Waals surface area contributed by atoms with Crippen LogP contribution in [-0.2, 0) is 6.18 Å². The van der Waals surface area contributed by atoms with Gasteiger partial charge in [-0.1, -0.05) is 24.3 Å². The summed E-state index contributed by atoms with van der Waals surface area (Å²) >= 11 is 0. The largest absolute Gasteiger partial charge is 0.482 e. The lowest BCUT2D eigenvalue weighted by Crippen LogP contribution is -2.50. The van der Waals surface area contributed by atoms with Crippen LogP contribution in [0.2, 0.25) is 0 Å². The van der Waals surface area contributed by atoms with Gasteiger partial charge in [-0.05, 0) is 36.8 Å². The number of nitrogens with zero attached hydrogens (tertiary/aromatic N) is 3. The molecule has 0 unspecified atom stereocenters. The minimum Gasteiger partial charge on any atom is -0.482 e. The van der Waals surface area contributed by atoms with Crippen molar-refractivity contribution in [3.05, 3.63) is 82.2 Å². The normalized spacial score (nSPS) is 17.7. The SMILES string of the molecule is CC1(COc2ccc(N3CCN(CC=Cc4ccc(C(F)(F)F)cc4)CC3)cc2[N+](=O)[O-])NC=CN1. The van der Waals surface area contributed by atoms with Crippen LogP contribution >= 0.6 is 0 Å². The maximum absolute atomic E-state index is 12.7. The van der Waals surface area contributed by atoms with Crippen molar-refractivity contribution < 1.29 is 22.8 Å². The number of alkyl halides is 3. The van der Waals surface area contributed by atoms with Crippen LogP contribution in [0.3, 0.4) is 0 Å². The van der Waals surface area contributed by atoms with Crippen molar-refractivity contribution in [3.8, 4) is 5.75 Å². The third-order valence-electron chi connectivity index (χ3n) is 6.19. The van der Waals surface area contributed by atoms with Crippen molar-refractivity contribution in [3.63, 3.8) is 0 Å². The number of anilines is 1. The van der Waals surface area contributed by atoms with E-state index in [1.807, 2.05) is 25.1 Å². The molecule has 2 aromatic carbocycles. The van der Waals surface area contributed by atoms with Gasteiger partial charge in [-0.25, -0.2) is 0 Å². The predicted molar refractivity (Wildman–Crippen MR) is 132 cm³/mol. The number of benzene rings is 2. The van der Waals surface area contributed by atoms with Gasteiger partial charge in [-0.2, -0.15) is 13.2 Å². The number of nitrogens with one attached hydrogen (secondary N) is 2. The van der Waals surface area contributed by atoms with Crippen LogP contribution < -0.4 is 20.3 Å². The van der Waals surface area contributed by atoms with Gasteiger partial charge in [0, 0.05) is 56.9 Å². The molecule has 0 aromatic heterocycles. The monoisotopic (exact) mass is 503 g/mol. The van der Waals surface area contributed by atoms with Crippen LogP contribution in [0.5, 0.6) is 5.75 Å². The molecular weight excluding hydrogens is 475 g/mol. The molecule has 0 spiro atoms. The van der Waals surface area contributed by atoms with E-state index in [1.54, 1.807) is 24.5 Å². The first kappa shape index (κ1) is 25.4. The minimum absolute atomic E-state index is 0.0797. The molecular formula is C25H28F3N5O3. The van der Waals surface area contributed by atoms with Crippen LogP contribution in [0.15, 0.2) is 60.9 Å². The Bertz CT molecular complexity index is 1120. The van der Waals surface area contributed by atoms with Gasteiger partial charge in [0.15, 0.2) is 5.75 Å². The molecule has 2 aliphatic rings. The van der Waals surface area contributed by atoms with Crippen LogP contribution in [0.4, 0.5) is 24.5 Å². The molecule has 11 heteroatoms. The van der Waals surface area contributed by atoms with Crippen LogP contribution in [0, 0.1) is 10.1 Å². The lowest BCUT2D eigenvalue weighted by Gasteiger charge is -2.35. The molecule has 8 nitrogen and oxygen atoms in total. The quantitative estimate of drug-likeness (QED) is 0.413. The average Bonchev–Trinajstić information content (AvgIpc) is 3.29. The van der Waals surface area contributed by atoms with Gasteiger partial charge < -0.3 is 20.3 Å². The molecule has 0 radical (unpaired) electrons. The average molecular weight is 504 g/mol. The van der Waals surface area contributed by atoms with E-state index in [4.69, 9.17) is 4.74 Å². The Morgan fingerprint density at radius 1 is 1.08 bits per heavy atom. The Morgan fingerprint density at radius 3 is 2.36 bits per heavy atom. The summed E-state index contributed by atoms with van der Waals surface area (Å²) in [5, 5.41) is 17.9. The maximum atomic E-state index is 12.7. The summed E-state index contributed by atoms with van der Waals surface area (Å²) in [7, 11) is 0. The van der Waals surface area contributed by atoms with Crippen LogP contribution in [0.1, 0.15) is 18.1 Å². The van der Waals surface area contributed by atoms with E-state index in [0.29, 0.717) is 25.2 Å². The Hall–Kier alpha value is -3.73. The van der Waals surface area contributed by atoms with Crippen LogP contribution in [0.25, 0.3) is 6.08 Å². The van der Waals surface area contributed by atoms with Crippen molar-refractivity contribution in [1.82, 2.24) is 15.5 Å². The van der Waals surface area contributed by atoms with Gasteiger partial charge in [-0.15, -0.1) is 0 Å². The Kier molecular flexibility index (Phi) is 7.39. The summed E-state index contributed by atoms with van der Waals surface area (Å²) in [6.45, 7) is 5.67. The summed E-state index contributed by atoms with van der Waals surface area (Å²) in [6.07, 6.45) is 2.91. The second-order valence-corrected chi connectivity index (χ2v) is 8.96. The Morgan fingerprint density at radius 2 is 1.75 bits per heavy atom. The molecule has 2 heterocycles. The molecule has 0 atom stereocenters. The summed E-state index contributed by atoms with van der Waals surface area (Å²) < 4.78 is 43.8. The lowest BCUT2D eigenvalue weighted by molar-refractivity contribution is -0.385. The van der Waals surface area contributed by atoms with Gasteiger partial charge >= 0.3 is 11.9 Å². The smallest absolute Gasteiger partial charge is 0.416 e. The number of nitro benzene ring substituents is 1. The highest BCUT2D eigenvalue weighted by Crippen LogP contribution is 2.33. The number of hydrogen-bond acceptors (Lipinski definition) is 7. The molecule has 2 aliphatic heterocycles. The first-order valence-electron chi connectivity index (χ1n) is 11.6. The van der Waals surface area contributed by atoms with Crippen LogP contribution in [-0.4, -0.2) is 54.8 Å². The standard InChI is InChI=1S/C25H28F3N5O3/c1-24(29-10-11-30-24)18-36-23-9-8-21(17-22(23)33(34)35)32-15-13-31(14-16-32)12-2-3-19-4-6-20(7-5-19)25(26,27)28/h2-11,17,29-30H,12-16,18H2,1H3. The fourth-order valence-corrected chi connectivity index (χ4v) is 4.08.